The van der Waals surface area contributed by atoms with Crippen molar-refractivity contribution in [2.45, 2.75) is 23.7 Å². The summed E-state index contributed by atoms with van der Waals surface area (Å²) in [4.78, 5) is 18.4. The second kappa shape index (κ2) is 5.26. The lowest BCUT2D eigenvalue weighted by molar-refractivity contribution is -0.195. The van der Waals surface area contributed by atoms with E-state index in [0.29, 0.717) is 10.6 Å². The Balaban J connectivity index is 1.90. The van der Waals surface area contributed by atoms with E-state index in [4.69, 9.17) is 0 Å². The molecular formula is C17H12F3N3OS. The highest BCUT2D eigenvalue weighted by Crippen LogP contribution is 2.48. The second-order valence-electron chi connectivity index (χ2n) is 5.80. The highest BCUT2D eigenvalue weighted by molar-refractivity contribution is 8.15. The Kier molecular flexibility index (Phi) is 3.37. The van der Waals surface area contributed by atoms with Crippen molar-refractivity contribution >= 4 is 28.6 Å². The Morgan fingerprint density at radius 3 is 2.48 bits per heavy atom. The number of para-hydroxylation sites is 1. The number of hydrogen-bond donors (Lipinski definition) is 1. The summed E-state index contributed by atoms with van der Waals surface area (Å²) >= 11 is 1.06. The number of amides is 2. The molecule has 2 heterocycles. The van der Waals surface area contributed by atoms with E-state index >= 15 is 0 Å². The van der Waals surface area contributed by atoms with Crippen molar-refractivity contribution in [3.63, 3.8) is 0 Å². The zero-order chi connectivity index (χ0) is 17.8. The van der Waals surface area contributed by atoms with Gasteiger partial charge >= 0.3 is 12.2 Å². The van der Waals surface area contributed by atoms with Gasteiger partial charge in [0.25, 0.3) is 5.66 Å². The molecule has 128 valence electrons. The fraction of sp³-hybridized carbons (Fsp3) is 0.176. The summed E-state index contributed by atoms with van der Waals surface area (Å²) in [6, 6.07) is 11.9. The maximum absolute atomic E-state index is 14.0. The third-order valence-electron chi connectivity index (χ3n) is 4.13. The number of nitrogens with one attached hydrogen (secondary N) is 1. The molecule has 0 fully saturated rings. The summed E-state index contributed by atoms with van der Waals surface area (Å²) in [5.41, 5.74) is -1.57. The van der Waals surface area contributed by atoms with Crippen LogP contribution in [-0.2, 0) is 5.66 Å². The van der Waals surface area contributed by atoms with E-state index in [1.54, 1.807) is 43.3 Å². The molecule has 2 aliphatic rings. The Morgan fingerprint density at radius 2 is 1.80 bits per heavy atom. The molecule has 25 heavy (non-hydrogen) atoms. The molecule has 4 nitrogen and oxygen atoms in total. The van der Waals surface area contributed by atoms with Crippen molar-refractivity contribution in [1.82, 2.24) is 5.32 Å². The van der Waals surface area contributed by atoms with Crippen LogP contribution in [0.2, 0.25) is 0 Å². The summed E-state index contributed by atoms with van der Waals surface area (Å²) in [7, 11) is 0. The first-order valence-corrected chi connectivity index (χ1v) is 8.26. The Hall–Kier alpha value is -2.48. The van der Waals surface area contributed by atoms with Crippen molar-refractivity contribution in [3.8, 4) is 0 Å². The number of halogens is 3. The van der Waals surface area contributed by atoms with Crippen LogP contribution in [0, 0.1) is 6.92 Å². The first kappa shape index (κ1) is 16.0. The van der Waals surface area contributed by atoms with Crippen molar-refractivity contribution in [2.75, 3.05) is 4.90 Å². The molecule has 0 saturated heterocycles. The predicted molar refractivity (Wildman–Crippen MR) is 89.7 cm³/mol. The molecule has 0 unspecified atom stereocenters. The highest BCUT2D eigenvalue weighted by Gasteiger charge is 2.61. The fourth-order valence-electron chi connectivity index (χ4n) is 2.86. The van der Waals surface area contributed by atoms with Gasteiger partial charge in [0.1, 0.15) is 0 Å². The number of thioether (sulfide) groups is 1. The molecule has 0 aliphatic carbocycles. The lowest BCUT2D eigenvalue weighted by Gasteiger charge is -2.38. The van der Waals surface area contributed by atoms with Gasteiger partial charge in [0.2, 0.25) is 0 Å². The van der Waals surface area contributed by atoms with Crippen molar-refractivity contribution in [3.05, 3.63) is 59.7 Å². The van der Waals surface area contributed by atoms with E-state index in [-0.39, 0.29) is 10.7 Å². The third kappa shape index (κ3) is 2.31. The first-order chi connectivity index (χ1) is 11.8. The molecule has 8 heteroatoms. The minimum absolute atomic E-state index is 0.0165. The van der Waals surface area contributed by atoms with Crippen LogP contribution in [0.3, 0.4) is 0 Å². The van der Waals surface area contributed by atoms with Gasteiger partial charge in [0, 0.05) is 10.5 Å². The molecule has 0 saturated carbocycles. The molecule has 1 N–H and O–H groups in total. The van der Waals surface area contributed by atoms with E-state index in [9.17, 15) is 18.0 Å². The summed E-state index contributed by atoms with van der Waals surface area (Å²) < 4.78 is 42.0. The Morgan fingerprint density at radius 1 is 1.12 bits per heavy atom. The number of aryl methyl sites for hydroxylation is 1. The second-order valence-corrected chi connectivity index (χ2v) is 6.81. The number of benzene rings is 2. The number of carbonyl (C=O) groups excluding carboxylic acids is 1. The van der Waals surface area contributed by atoms with Gasteiger partial charge in [-0.3, -0.25) is 0 Å². The van der Waals surface area contributed by atoms with Gasteiger partial charge in [0.05, 0.1) is 5.69 Å². The summed E-state index contributed by atoms with van der Waals surface area (Å²) in [5, 5.41) is 2.10. The molecule has 0 radical (unpaired) electrons. The molecule has 2 amide bonds. The maximum Gasteiger partial charge on any atom is 0.436 e. The average molecular weight is 363 g/mol. The van der Waals surface area contributed by atoms with Gasteiger partial charge in [-0.25, -0.2) is 14.7 Å². The number of fused-ring (bicyclic) bond motifs is 3. The molecule has 0 aromatic heterocycles. The van der Waals surface area contributed by atoms with Gasteiger partial charge in [-0.15, -0.1) is 0 Å². The minimum atomic E-state index is -4.79. The van der Waals surface area contributed by atoms with Gasteiger partial charge in [-0.2, -0.15) is 13.2 Å². The number of urea groups is 1. The van der Waals surface area contributed by atoms with Crippen LogP contribution in [-0.4, -0.2) is 17.4 Å². The molecule has 0 bridgehead atoms. The molecule has 2 aromatic rings. The monoisotopic (exact) mass is 363 g/mol. The SMILES string of the molecule is Cc1ccc([C@@]2(C(F)(F)F)N=C3Sc4ccccc4N3C(=O)N2)cc1. The number of rotatable bonds is 1. The summed E-state index contributed by atoms with van der Waals surface area (Å²) in [6.45, 7) is 1.78. The standard InChI is InChI=1S/C17H12F3N3OS/c1-10-6-8-11(9-7-10)16(17(18,19)20)21-14(24)23-12-4-2-3-5-13(12)25-15(23)22-16/h2-9H,1H3,(H,21,24)/t16-/m0/s1. The van der Waals surface area contributed by atoms with Gasteiger partial charge in [0.15, 0.2) is 5.17 Å². The maximum atomic E-state index is 14.0. The van der Waals surface area contributed by atoms with Crippen LogP contribution in [0.1, 0.15) is 11.1 Å². The van der Waals surface area contributed by atoms with Crippen LogP contribution >= 0.6 is 11.8 Å². The van der Waals surface area contributed by atoms with E-state index in [1.807, 2.05) is 0 Å². The Bertz CT molecular complexity index is 895. The number of aliphatic imine (C=N–C) groups is 1. The summed E-state index contributed by atoms with van der Waals surface area (Å²) in [5.74, 6) is 0. The first-order valence-electron chi connectivity index (χ1n) is 7.45. The third-order valence-corrected chi connectivity index (χ3v) is 5.15. The highest BCUT2D eigenvalue weighted by atomic mass is 32.2. The van der Waals surface area contributed by atoms with Crippen molar-refractivity contribution in [2.24, 2.45) is 4.99 Å². The van der Waals surface area contributed by atoms with Gasteiger partial charge < -0.3 is 5.32 Å². The van der Waals surface area contributed by atoms with Gasteiger partial charge in [-0.05, 0) is 30.8 Å². The molecule has 0 spiro atoms. The lowest BCUT2D eigenvalue weighted by atomic mass is 9.97. The molecule has 4 rings (SSSR count). The van der Waals surface area contributed by atoms with Crippen LogP contribution in [0.25, 0.3) is 0 Å². The number of nitrogens with zero attached hydrogens (tertiary/aromatic N) is 2. The van der Waals surface area contributed by atoms with Crippen molar-refractivity contribution in [1.29, 1.82) is 0 Å². The van der Waals surface area contributed by atoms with E-state index < -0.39 is 17.9 Å². The minimum Gasteiger partial charge on any atom is -0.301 e. The zero-order valence-corrected chi connectivity index (χ0v) is 13.8. The van der Waals surface area contributed by atoms with Crippen molar-refractivity contribution < 1.29 is 18.0 Å². The van der Waals surface area contributed by atoms with E-state index in [2.05, 4.69) is 10.3 Å². The zero-order valence-electron chi connectivity index (χ0n) is 13.0. The Labute approximate surface area is 145 Å². The molecule has 2 aliphatic heterocycles. The van der Waals surface area contributed by atoms with Crippen LogP contribution in [0.4, 0.5) is 23.7 Å². The fourth-order valence-corrected chi connectivity index (χ4v) is 3.92. The lowest BCUT2D eigenvalue weighted by Crippen LogP contribution is -2.62. The molecular weight excluding hydrogens is 351 g/mol. The predicted octanol–water partition coefficient (Wildman–Crippen LogP) is 4.40. The van der Waals surface area contributed by atoms with E-state index in [0.717, 1.165) is 17.3 Å². The largest absolute Gasteiger partial charge is 0.436 e. The normalized spacial score (nSPS) is 22.2. The van der Waals surface area contributed by atoms with Crippen LogP contribution in [0.15, 0.2) is 58.4 Å². The van der Waals surface area contributed by atoms with Crippen LogP contribution < -0.4 is 10.2 Å². The molecule has 2 aromatic carbocycles. The number of amidine groups is 1. The number of anilines is 1. The van der Waals surface area contributed by atoms with E-state index in [1.165, 1.54) is 17.0 Å². The number of carbonyl (C=O) groups is 1. The summed E-state index contributed by atoms with van der Waals surface area (Å²) in [6.07, 6.45) is -4.79. The number of hydrogen-bond acceptors (Lipinski definition) is 3. The smallest absolute Gasteiger partial charge is 0.301 e. The number of alkyl halides is 3. The topological polar surface area (TPSA) is 44.7 Å². The molecule has 1 atom stereocenters. The van der Waals surface area contributed by atoms with Crippen LogP contribution in [0.5, 0.6) is 0 Å². The van der Waals surface area contributed by atoms with Gasteiger partial charge in [-0.1, -0.05) is 42.0 Å². The quantitative estimate of drug-likeness (QED) is 0.816. The average Bonchev–Trinajstić information content (AvgIpc) is 2.92.